The van der Waals surface area contributed by atoms with Gasteiger partial charge in [0.2, 0.25) is 0 Å². The third-order valence-corrected chi connectivity index (χ3v) is 4.71. The number of anilines is 1. The molecular weight excluding hydrogens is 350 g/mol. The van der Waals surface area contributed by atoms with Crippen molar-refractivity contribution >= 4 is 33.2 Å². The molecular formula is C17H19BrClNO. The molecule has 0 aliphatic carbocycles. The molecule has 0 saturated carbocycles. The van der Waals surface area contributed by atoms with Crippen LogP contribution in [-0.2, 0) is 0 Å². The third-order valence-electron chi connectivity index (χ3n) is 3.77. The van der Waals surface area contributed by atoms with Crippen molar-refractivity contribution in [2.75, 3.05) is 11.9 Å². The number of benzene rings is 2. The molecule has 2 aromatic rings. The monoisotopic (exact) mass is 367 g/mol. The van der Waals surface area contributed by atoms with E-state index in [-0.39, 0.29) is 6.04 Å². The van der Waals surface area contributed by atoms with Crippen molar-refractivity contribution < 1.29 is 5.11 Å². The van der Waals surface area contributed by atoms with Gasteiger partial charge < -0.3 is 10.0 Å². The molecule has 0 fully saturated rings. The van der Waals surface area contributed by atoms with Crippen LogP contribution >= 0.6 is 27.5 Å². The molecule has 2 nitrogen and oxygen atoms in total. The maximum absolute atomic E-state index is 9.69. The molecule has 2 unspecified atom stereocenters. The largest absolute Gasteiger partial charge is 0.389 e. The molecule has 0 heterocycles. The van der Waals surface area contributed by atoms with Crippen LogP contribution in [0.1, 0.15) is 37.1 Å². The summed E-state index contributed by atoms with van der Waals surface area (Å²) in [6.07, 6.45) is -0.479. The molecule has 0 radical (unpaired) electrons. The van der Waals surface area contributed by atoms with E-state index in [2.05, 4.69) is 34.8 Å². The van der Waals surface area contributed by atoms with Gasteiger partial charge in [-0.1, -0.05) is 45.7 Å². The van der Waals surface area contributed by atoms with Gasteiger partial charge in [-0.15, -0.1) is 0 Å². The highest BCUT2D eigenvalue weighted by atomic mass is 79.9. The van der Waals surface area contributed by atoms with E-state index in [9.17, 15) is 5.11 Å². The minimum Gasteiger partial charge on any atom is -0.389 e. The van der Waals surface area contributed by atoms with Crippen LogP contribution in [0, 0.1) is 0 Å². The van der Waals surface area contributed by atoms with Gasteiger partial charge in [-0.2, -0.15) is 0 Å². The summed E-state index contributed by atoms with van der Waals surface area (Å²) in [5, 5.41) is 10.4. The van der Waals surface area contributed by atoms with Gasteiger partial charge >= 0.3 is 0 Å². The minimum atomic E-state index is -0.479. The molecule has 0 aromatic heterocycles. The Balaban J connectivity index is 2.25. The van der Waals surface area contributed by atoms with E-state index in [1.807, 2.05) is 42.5 Å². The normalized spacial score (nSPS) is 13.8. The first kappa shape index (κ1) is 16.3. The second kappa shape index (κ2) is 6.82. The molecule has 2 rings (SSSR count). The van der Waals surface area contributed by atoms with Crippen molar-refractivity contribution in [3.63, 3.8) is 0 Å². The van der Waals surface area contributed by atoms with Gasteiger partial charge in [0.25, 0.3) is 0 Å². The van der Waals surface area contributed by atoms with Crippen LogP contribution in [0.5, 0.6) is 0 Å². The smallest absolute Gasteiger partial charge is 0.0772 e. The van der Waals surface area contributed by atoms with Crippen LogP contribution in [0.2, 0.25) is 5.02 Å². The quantitative estimate of drug-likeness (QED) is 0.786. The molecule has 1 N–H and O–H groups in total. The van der Waals surface area contributed by atoms with Crippen molar-refractivity contribution in [1.29, 1.82) is 0 Å². The highest BCUT2D eigenvalue weighted by molar-refractivity contribution is 9.10. The number of halogens is 2. The van der Waals surface area contributed by atoms with Crippen LogP contribution in [-0.4, -0.2) is 12.2 Å². The Morgan fingerprint density at radius 3 is 2.24 bits per heavy atom. The average Bonchev–Trinajstić information content (AvgIpc) is 2.46. The van der Waals surface area contributed by atoms with Crippen LogP contribution < -0.4 is 4.90 Å². The highest BCUT2D eigenvalue weighted by Crippen LogP contribution is 2.31. The van der Waals surface area contributed by atoms with E-state index in [0.717, 1.165) is 20.7 Å². The summed E-state index contributed by atoms with van der Waals surface area (Å²) < 4.78 is 0.921. The fraction of sp³-hybridized carbons (Fsp3) is 0.294. The first-order chi connectivity index (χ1) is 9.90. The zero-order valence-corrected chi connectivity index (χ0v) is 14.7. The third kappa shape index (κ3) is 3.79. The van der Waals surface area contributed by atoms with Crippen molar-refractivity contribution in [3.8, 4) is 0 Å². The predicted octanol–water partition coefficient (Wildman–Crippen LogP) is 5.35. The van der Waals surface area contributed by atoms with Crippen molar-refractivity contribution in [1.82, 2.24) is 0 Å². The Hall–Kier alpha value is -1.03. The fourth-order valence-electron chi connectivity index (χ4n) is 2.26. The van der Waals surface area contributed by atoms with Crippen molar-refractivity contribution in [2.24, 2.45) is 0 Å². The van der Waals surface area contributed by atoms with Crippen LogP contribution in [0.15, 0.2) is 46.9 Å². The Labute approximate surface area is 139 Å². The summed E-state index contributed by atoms with van der Waals surface area (Å²) in [6, 6.07) is 14.2. The van der Waals surface area contributed by atoms with Gasteiger partial charge in [0.15, 0.2) is 0 Å². The Bertz CT molecular complexity index is 613. The molecule has 0 spiro atoms. The summed E-state index contributed by atoms with van der Waals surface area (Å²) in [6.45, 7) is 3.92. The Morgan fingerprint density at radius 2 is 1.71 bits per heavy atom. The maximum Gasteiger partial charge on any atom is 0.0772 e. The maximum atomic E-state index is 9.69. The van der Waals surface area contributed by atoms with Gasteiger partial charge in [-0.25, -0.2) is 0 Å². The molecule has 0 bridgehead atoms. The molecule has 112 valence electrons. The first-order valence-corrected chi connectivity index (χ1v) is 8.03. The van der Waals surface area contributed by atoms with Crippen LogP contribution in [0.3, 0.4) is 0 Å². The second-order valence-corrected chi connectivity index (χ2v) is 6.51. The Kier molecular flexibility index (Phi) is 5.31. The van der Waals surface area contributed by atoms with E-state index in [4.69, 9.17) is 11.6 Å². The van der Waals surface area contributed by atoms with E-state index >= 15 is 0 Å². The lowest BCUT2D eigenvalue weighted by Gasteiger charge is -2.28. The summed E-state index contributed by atoms with van der Waals surface area (Å²) in [5.74, 6) is 0. The SMILES string of the molecule is CC(O)c1ccc(N(C)C(C)c2ccc(Cl)cc2)cc1Br. The second-order valence-electron chi connectivity index (χ2n) is 5.22. The van der Waals surface area contributed by atoms with E-state index in [0.29, 0.717) is 0 Å². The molecule has 2 aromatic carbocycles. The molecule has 0 saturated heterocycles. The molecule has 0 aliphatic rings. The topological polar surface area (TPSA) is 23.5 Å². The van der Waals surface area contributed by atoms with Crippen LogP contribution in [0.25, 0.3) is 0 Å². The predicted molar refractivity (Wildman–Crippen MR) is 93.0 cm³/mol. The molecule has 4 heteroatoms. The standard InChI is InChI=1S/C17H19BrClNO/c1-11(13-4-6-14(19)7-5-13)20(3)15-8-9-16(12(2)21)17(18)10-15/h4-12,21H,1-3H3. The lowest BCUT2D eigenvalue weighted by Crippen LogP contribution is -2.21. The van der Waals surface area contributed by atoms with Crippen molar-refractivity contribution in [3.05, 3.63) is 63.1 Å². The van der Waals surface area contributed by atoms with Crippen LogP contribution in [0.4, 0.5) is 5.69 Å². The number of nitrogens with zero attached hydrogens (tertiary/aromatic N) is 1. The summed E-state index contributed by atoms with van der Waals surface area (Å²) in [7, 11) is 2.06. The molecule has 21 heavy (non-hydrogen) atoms. The number of hydrogen-bond acceptors (Lipinski definition) is 2. The number of aliphatic hydroxyl groups excluding tert-OH is 1. The highest BCUT2D eigenvalue weighted by Gasteiger charge is 2.14. The van der Waals surface area contributed by atoms with E-state index in [1.54, 1.807) is 6.92 Å². The van der Waals surface area contributed by atoms with Gasteiger partial charge in [-0.3, -0.25) is 0 Å². The summed E-state index contributed by atoms with van der Waals surface area (Å²) >= 11 is 9.46. The fourth-order valence-corrected chi connectivity index (χ4v) is 3.09. The van der Waals surface area contributed by atoms with Gasteiger partial charge in [0.1, 0.15) is 0 Å². The van der Waals surface area contributed by atoms with Gasteiger partial charge in [0.05, 0.1) is 12.1 Å². The first-order valence-electron chi connectivity index (χ1n) is 6.86. The minimum absolute atomic E-state index is 0.228. The molecule has 0 amide bonds. The average molecular weight is 369 g/mol. The summed E-state index contributed by atoms with van der Waals surface area (Å²) in [4.78, 5) is 2.19. The van der Waals surface area contributed by atoms with E-state index < -0.39 is 6.10 Å². The molecule has 2 atom stereocenters. The lowest BCUT2D eigenvalue weighted by atomic mass is 10.1. The van der Waals surface area contributed by atoms with E-state index in [1.165, 1.54) is 5.56 Å². The van der Waals surface area contributed by atoms with Crippen molar-refractivity contribution in [2.45, 2.75) is 26.0 Å². The molecule has 0 aliphatic heterocycles. The zero-order valence-electron chi connectivity index (χ0n) is 12.3. The lowest BCUT2D eigenvalue weighted by molar-refractivity contribution is 0.198. The van der Waals surface area contributed by atoms with Gasteiger partial charge in [-0.05, 0) is 49.2 Å². The zero-order chi connectivity index (χ0) is 15.6. The number of rotatable bonds is 4. The Morgan fingerprint density at radius 1 is 1.10 bits per heavy atom. The van der Waals surface area contributed by atoms with Gasteiger partial charge in [0, 0.05) is 22.2 Å². The summed E-state index contributed by atoms with van der Waals surface area (Å²) in [5.41, 5.74) is 3.19. The number of hydrogen-bond donors (Lipinski definition) is 1. The number of aliphatic hydroxyl groups is 1.